The van der Waals surface area contributed by atoms with E-state index in [4.69, 9.17) is 0 Å². The lowest BCUT2D eigenvalue weighted by Gasteiger charge is -2.31. The first-order valence-corrected chi connectivity index (χ1v) is 8.71. The molecule has 2 aromatic rings. The number of carbonyl (C=O) groups excluding carboxylic acids is 2. The minimum atomic E-state index is -0.143. The van der Waals surface area contributed by atoms with Crippen molar-refractivity contribution in [2.24, 2.45) is 0 Å². The summed E-state index contributed by atoms with van der Waals surface area (Å²) in [4.78, 5) is 28.7. The minimum absolute atomic E-state index is 0.0320. The van der Waals surface area contributed by atoms with Crippen LogP contribution in [-0.2, 0) is 16.0 Å². The van der Waals surface area contributed by atoms with Crippen LogP contribution in [-0.4, -0.2) is 29.3 Å². The smallest absolute Gasteiger partial charge is 0.246 e. The van der Waals surface area contributed by atoms with Crippen molar-refractivity contribution in [2.75, 3.05) is 11.4 Å². The van der Waals surface area contributed by atoms with Gasteiger partial charge in [0, 0.05) is 18.7 Å². The van der Waals surface area contributed by atoms with Gasteiger partial charge in [-0.2, -0.15) is 0 Å². The Morgan fingerprint density at radius 1 is 1.12 bits per heavy atom. The van der Waals surface area contributed by atoms with Gasteiger partial charge in [-0.05, 0) is 37.5 Å². The van der Waals surface area contributed by atoms with E-state index in [0.29, 0.717) is 0 Å². The van der Waals surface area contributed by atoms with Crippen molar-refractivity contribution < 1.29 is 9.59 Å². The van der Waals surface area contributed by atoms with Crippen LogP contribution >= 0.6 is 0 Å². The number of anilines is 1. The zero-order valence-corrected chi connectivity index (χ0v) is 15.0. The number of hydrogen-bond acceptors (Lipinski definition) is 2. The fourth-order valence-electron chi connectivity index (χ4n) is 3.60. The molecular weight excluding hydrogens is 312 g/mol. The highest BCUT2D eigenvalue weighted by Crippen LogP contribution is 2.32. The van der Waals surface area contributed by atoms with E-state index in [0.717, 1.165) is 17.7 Å². The second-order valence-corrected chi connectivity index (χ2v) is 6.68. The summed E-state index contributed by atoms with van der Waals surface area (Å²) in [5.41, 5.74) is 3.19. The van der Waals surface area contributed by atoms with Gasteiger partial charge in [0.25, 0.3) is 0 Å². The highest BCUT2D eigenvalue weighted by Gasteiger charge is 2.32. The highest BCUT2D eigenvalue weighted by molar-refractivity contribution is 5.98. The summed E-state index contributed by atoms with van der Waals surface area (Å²) in [7, 11) is 0. The third-order valence-corrected chi connectivity index (χ3v) is 4.94. The highest BCUT2D eigenvalue weighted by atomic mass is 16.2. The largest absolute Gasteiger partial charge is 0.327 e. The average molecular weight is 336 g/mol. The van der Waals surface area contributed by atoms with Gasteiger partial charge in [-0.25, -0.2) is 0 Å². The van der Waals surface area contributed by atoms with Crippen LogP contribution in [0.3, 0.4) is 0 Å². The van der Waals surface area contributed by atoms with Gasteiger partial charge in [0.1, 0.15) is 6.54 Å². The molecule has 1 aliphatic rings. The first-order valence-electron chi connectivity index (χ1n) is 8.71. The van der Waals surface area contributed by atoms with Gasteiger partial charge >= 0.3 is 0 Å². The van der Waals surface area contributed by atoms with E-state index in [1.165, 1.54) is 12.5 Å². The van der Waals surface area contributed by atoms with E-state index >= 15 is 0 Å². The summed E-state index contributed by atoms with van der Waals surface area (Å²) in [5.74, 6) is -0.125. The molecule has 4 nitrogen and oxygen atoms in total. The maximum atomic E-state index is 13.0. The van der Waals surface area contributed by atoms with Crippen LogP contribution in [0.5, 0.6) is 0 Å². The van der Waals surface area contributed by atoms with Gasteiger partial charge in [0.15, 0.2) is 0 Å². The molecule has 0 saturated carbocycles. The number of rotatable bonds is 4. The Kier molecular flexibility index (Phi) is 4.88. The number of para-hydroxylation sites is 1. The predicted molar refractivity (Wildman–Crippen MR) is 99.3 cm³/mol. The minimum Gasteiger partial charge on any atom is -0.327 e. The van der Waals surface area contributed by atoms with Crippen molar-refractivity contribution in [1.82, 2.24) is 4.90 Å². The quantitative estimate of drug-likeness (QED) is 0.856. The number of hydrogen-bond donors (Lipinski definition) is 0. The molecule has 0 fully saturated rings. The fourth-order valence-corrected chi connectivity index (χ4v) is 3.60. The van der Waals surface area contributed by atoms with Crippen molar-refractivity contribution >= 4 is 17.5 Å². The molecule has 2 amide bonds. The van der Waals surface area contributed by atoms with E-state index in [1.54, 1.807) is 4.90 Å². The number of carbonyl (C=O) groups is 2. The Labute approximate surface area is 149 Å². The number of nitrogens with zero attached hydrogens (tertiary/aromatic N) is 2. The average Bonchev–Trinajstić information content (AvgIpc) is 2.95. The topological polar surface area (TPSA) is 40.6 Å². The predicted octanol–water partition coefficient (Wildman–Crippen LogP) is 3.57. The molecule has 2 aromatic carbocycles. The van der Waals surface area contributed by atoms with Crippen LogP contribution in [0.25, 0.3) is 0 Å². The lowest BCUT2D eigenvalue weighted by molar-refractivity contribution is -0.135. The fraction of sp³-hybridized carbons (Fsp3) is 0.333. The molecule has 25 heavy (non-hydrogen) atoms. The first kappa shape index (κ1) is 17.2. The maximum Gasteiger partial charge on any atom is 0.246 e. The van der Waals surface area contributed by atoms with Crippen molar-refractivity contribution in [3.8, 4) is 0 Å². The Morgan fingerprint density at radius 2 is 1.76 bits per heavy atom. The number of fused-ring (bicyclic) bond motifs is 1. The molecule has 2 unspecified atom stereocenters. The summed E-state index contributed by atoms with van der Waals surface area (Å²) in [6, 6.07) is 17.8. The van der Waals surface area contributed by atoms with E-state index in [9.17, 15) is 9.59 Å². The van der Waals surface area contributed by atoms with Gasteiger partial charge in [-0.1, -0.05) is 48.5 Å². The molecule has 1 heterocycles. The Morgan fingerprint density at radius 3 is 2.44 bits per heavy atom. The van der Waals surface area contributed by atoms with E-state index in [1.807, 2.05) is 60.4 Å². The van der Waals surface area contributed by atoms with E-state index < -0.39 is 0 Å². The third-order valence-electron chi connectivity index (χ3n) is 4.94. The van der Waals surface area contributed by atoms with Gasteiger partial charge < -0.3 is 9.80 Å². The molecule has 0 aliphatic carbocycles. The molecule has 4 heteroatoms. The maximum absolute atomic E-state index is 13.0. The van der Waals surface area contributed by atoms with Crippen LogP contribution in [0.15, 0.2) is 54.6 Å². The molecular formula is C21H24N2O2. The zero-order chi connectivity index (χ0) is 18.0. The lowest BCUT2D eigenvalue weighted by Crippen LogP contribution is -2.45. The molecule has 0 radical (unpaired) electrons. The monoisotopic (exact) mass is 336 g/mol. The Bertz CT molecular complexity index is 772. The number of amides is 2. The van der Waals surface area contributed by atoms with Crippen LogP contribution in [0.2, 0.25) is 0 Å². The molecule has 3 rings (SSSR count). The second kappa shape index (κ2) is 7.09. The van der Waals surface area contributed by atoms with Crippen molar-refractivity contribution in [3.63, 3.8) is 0 Å². The summed E-state index contributed by atoms with van der Waals surface area (Å²) in [6.45, 7) is 5.63. The molecule has 2 atom stereocenters. The summed E-state index contributed by atoms with van der Waals surface area (Å²) in [5, 5.41) is 0. The van der Waals surface area contributed by atoms with Gasteiger partial charge in [0.2, 0.25) is 11.8 Å². The summed E-state index contributed by atoms with van der Waals surface area (Å²) >= 11 is 0. The van der Waals surface area contributed by atoms with Crippen LogP contribution in [0.1, 0.15) is 37.9 Å². The lowest BCUT2D eigenvalue weighted by atomic mass is 10.1. The summed E-state index contributed by atoms with van der Waals surface area (Å²) < 4.78 is 0. The van der Waals surface area contributed by atoms with E-state index in [-0.39, 0.29) is 30.4 Å². The molecule has 0 bridgehead atoms. The van der Waals surface area contributed by atoms with Crippen LogP contribution < -0.4 is 4.90 Å². The molecule has 0 aromatic heterocycles. The Hall–Kier alpha value is -2.62. The van der Waals surface area contributed by atoms with Crippen molar-refractivity contribution in [2.45, 2.75) is 39.3 Å². The first-order chi connectivity index (χ1) is 12.0. The van der Waals surface area contributed by atoms with Gasteiger partial charge in [-0.3, -0.25) is 9.59 Å². The number of benzene rings is 2. The second-order valence-electron chi connectivity index (χ2n) is 6.68. The molecule has 130 valence electrons. The molecule has 0 saturated heterocycles. The van der Waals surface area contributed by atoms with Gasteiger partial charge in [0.05, 0.1) is 6.04 Å². The third kappa shape index (κ3) is 3.43. The summed E-state index contributed by atoms with van der Waals surface area (Å²) in [6.07, 6.45) is 0.857. The van der Waals surface area contributed by atoms with Gasteiger partial charge in [-0.15, -0.1) is 0 Å². The van der Waals surface area contributed by atoms with Crippen LogP contribution in [0.4, 0.5) is 5.69 Å². The molecule has 0 N–H and O–H groups in total. The molecule has 1 aliphatic heterocycles. The van der Waals surface area contributed by atoms with Crippen molar-refractivity contribution in [3.05, 3.63) is 65.7 Å². The SMILES string of the molecule is CC(=O)N(CC(=O)N1c2ccccc2CC1C)C(C)c1ccccc1. The zero-order valence-electron chi connectivity index (χ0n) is 15.0. The standard InChI is InChI=1S/C21H24N2O2/c1-15-13-19-11-7-8-12-20(19)23(15)21(25)14-22(17(3)24)16(2)18-9-5-4-6-10-18/h4-12,15-16H,13-14H2,1-3H3. The normalized spacial score (nSPS) is 17.1. The van der Waals surface area contributed by atoms with Crippen LogP contribution in [0, 0.1) is 0 Å². The Balaban J connectivity index is 1.81. The molecule has 0 spiro atoms. The van der Waals surface area contributed by atoms with E-state index in [2.05, 4.69) is 13.0 Å². The van der Waals surface area contributed by atoms with Crippen molar-refractivity contribution in [1.29, 1.82) is 0 Å².